The number of pyridine rings is 1. The van der Waals surface area contributed by atoms with Gasteiger partial charge in [0.15, 0.2) is 29.8 Å². The van der Waals surface area contributed by atoms with E-state index in [0.29, 0.717) is 23.8 Å². The van der Waals surface area contributed by atoms with Crippen LogP contribution in [0.25, 0.3) is 0 Å². The molecule has 5 heterocycles. The highest BCUT2D eigenvalue weighted by Crippen LogP contribution is 2.40. The summed E-state index contributed by atoms with van der Waals surface area (Å²) in [7, 11) is -0.580. The van der Waals surface area contributed by atoms with E-state index in [-0.39, 0.29) is 34.3 Å². The van der Waals surface area contributed by atoms with Gasteiger partial charge >= 0.3 is 5.97 Å². The molecular formula is C27H34N7O6S2Si+. The Morgan fingerprint density at radius 2 is 2.12 bits per heavy atom. The van der Waals surface area contributed by atoms with Crippen molar-refractivity contribution in [2.75, 3.05) is 25.2 Å². The first kappa shape index (κ1) is 30.7. The lowest BCUT2D eigenvalue weighted by molar-refractivity contribution is -0.688. The van der Waals surface area contributed by atoms with E-state index < -0.39 is 37.3 Å². The van der Waals surface area contributed by atoms with Gasteiger partial charge in [0, 0.05) is 33.5 Å². The fourth-order valence-corrected chi connectivity index (χ4v) is 8.50. The number of nitrogen functional groups attached to an aromatic ring is 1. The highest BCUT2D eigenvalue weighted by atomic mass is 32.2. The maximum Gasteiger partial charge on any atom is 0.352 e. The maximum absolute atomic E-state index is 13.3. The second-order valence-electron chi connectivity index (χ2n) is 12.0. The molecule has 2 amide bonds. The van der Waals surface area contributed by atoms with Crippen molar-refractivity contribution < 1.29 is 33.6 Å². The number of rotatable bonds is 9. The van der Waals surface area contributed by atoms with Crippen molar-refractivity contribution in [1.29, 1.82) is 0 Å². The number of fused-ring (bicyclic) bond motifs is 1. The van der Waals surface area contributed by atoms with Crippen molar-refractivity contribution in [2.45, 2.75) is 57.0 Å². The quantitative estimate of drug-likeness (QED) is 0.118. The van der Waals surface area contributed by atoms with E-state index in [9.17, 15) is 19.5 Å². The van der Waals surface area contributed by atoms with Crippen LogP contribution in [0.3, 0.4) is 0 Å². The Morgan fingerprint density at radius 1 is 1.37 bits per heavy atom. The average Bonchev–Trinajstić information content (AvgIpc) is 3.53. The summed E-state index contributed by atoms with van der Waals surface area (Å²) in [5, 5.41) is 19.0. The van der Waals surface area contributed by atoms with Gasteiger partial charge < -0.3 is 25.7 Å². The number of nitrogens with one attached hydrogen (secondary N) is 1. The molecule has 0 unspecified atom stereocenters. The molecule has 0 aliphatic carbocycles. The minimum atomic E-state index is -1.87. The van der Waals surface area contributed by atoms with E-state index in [2.05, 4.69) is 35.1 Å². The van der Waals surface area contributed by atoms with Crippen LogP contribution in [0.2, 0.25) is 19.6 Å². The van der Waals surface area contributed by atoms with Crippen molar-refractivity contribution >= 4 is 70.9 Å². The van der Waals surface area contributed by atoms with Crippen molar-refractivity contribution in [2.24, 2.45) is 10.1 Å². The first-order valence-corrected chi connectivity index (χ1v) is 18.9. The normalized spacial score (nSPS) is 21.5. The van der Waals surface area contributed by atoms with Crippen molar-refractivity contribution in [3.05, 3.63) is 46.4 Å². The monoisotopic (exact) mass is 644 g/mol. The molecule has 13 nitrogen and oxygen atoms in total. The number of carbonyl (C=O) groups excluding carboxylic acids is 2. The van der Waals surface area contributed by atoms with E-state index in [4.69, 9.17) is 20.3 Å². The van der Waals surface area contributed by atoms with Crippen LogP contribution >= 0.6 is 23.1 Å². The van der Waals surface area contributed by atoms with E-state index in [1.54, 1.807) is 5.38 Å². The molecule has 0 radical (unpaired) electrons. The zero-order valence-electron chi connectivity index (χ0n) is 24.7. The number of thioether (sulfide) groups is 1. The van der Waals surface area contributed by atoms with E-state index in [0.717, 1.165) is 22.1 Å². The number of oxime groups is 1. The van der Waals surface area contributed by atoms with Gasteiger partial charge in [-0.25, -0.2) is 19.3 Å². The molecule has 5 rings (SSSR count). The zero-order valence-corrected chi connectivity index (χ0v) is 27.3. The number of β-lactam (4-membered cyclic amide) rings is 1. The lowest BCUT2D eigenvalue weighted by atomic mass is 10.0. The van der Waals surface area contributed by atoms with Crippen molar-refractivity contribution in [3.8, 4) is 0 Å². The number of aromatic nitrogens is 2. The molecular weight excluding hydrogens is 611 g/mol. The summed E-state index contributed by atoms with van der Waals surface area (Å²) in [4.78, 5) is 53.7. The number of nitrogens with zero attached hydrogens (tertiary/aromatic N) is 5. The van der Waals surface area contributed by atoms with Crippen molar-refractivity contribution in [1.82, 2.24) is 15.2 Å². The van der Waals surface area contributed by atoms with Crippen LogP contribution in [0.15, 0.2) is 45.3 Å². The first-order chi connectivity index (χ1) is 20.2. The van der Waals surface area contributed by atoms with Gasteiger partial charge in [-0.15, -0.1) is 23.1 Å². The molecule has 2 aromatic rings. The largest absolute Gasteiger partial charge is 0.477 e. The van der Waals surface area contributed by atoms with Crippen molar-refractivity contribution in [3.63, 3.8) is 0 Å². The van der Waals surface area contributed by atoms with Gasteiger partial charge in [0.2, 0.25) is 5.90 Å². The fraction of sp³-hybridized carbons (Fsp3) is 0.444. The predicted molar refractivity (Wildman–Crippen MR) is 166 cm³/mol. The highest BCUT2D eigenvalue weighted by Gasteiger charge is 2.55. The average molecular weight is 645 g/mol. The van der Waals surface area contributed by atoms with Gasteiger partial charge in [-0.2, -0.15) is 0 Å². The fourth-order valence-electron chi connectivity index (χ4n) is 5.07. The lowest BCUT2D eigenvalue weighted by Crippen LogP contribution is -2.71. The van der Waals surface area contributed by atoms with Gasteiger partial charge in [-0.3, -0.25) is 14.5 Å². The van der Waals surface area contributed by atoms with Crippen LogP contribution in [-0.2, 0) is 30.5 Å². The molecule has 0 bridgehead atoms. The summed E-state index contributed by atoms with van der Waals surface area (Å²) in [6.45, 7) is 11.6. The molecule has 2 aromatic heterocycles. The molecule has 2 atom stereocenters. The van der Waals surface area contributed by atoms with E-state index in [1.807, 2.05) is 36.9 Å². The van der Waals surface area contributed by atoms with Crippen LogP contribution in [0.4, 0.5) is 5.13 Å². The van der Waals surface area contributed by atoms with Gasteiger partial charge in [0.05, 0.1) is 13.6 Å². The SMILES string of the molecule is CON=C(C(=O)N[C@H]1C(=O)N2C(C(=O)O)=C(C[n+]3ccc(C4=NC(C)(C)CO4)c([Si](C)(C)C)c3)CS[C@@H]12)c1csc(N)n1. The first-order valence-electron chi connectivity index (χ1n) is 13.5. The Morgan fingerprint density at radius 3 is 2.70 bits per heavy atom. The molecule has 43 heavy (non-hydrogen) atoms. The topological polar surface area (TPSA) is 173 Å². The maximum atomic E-state index is 13.3. The zero-order chi connectivity index (χ0) is 31.3. The number of carbonyl (C=O) groups is 3. The number of carboxylic acids is 1. The van der Waals surface area contributed by atoms with Gasteiger partial charge in [-0.05, 0) is 13.8 Å². The summed E-state index contributed by atoms with van der Waals surface area (Å²) >= 11 is 2.53. The van der Waals surface area contributed by atoms with E-state index in [1.165, 1.54) is 23.8 Å². The van der Waals surface area contributed by atoms with Crippen LogP contribution in [-0.4, -0.2) is 88.9 Å². The van der Waals surface area contributed by atoms with Gasteiger partial charge in [-0.1, -0.05) is 24.8 Å². The molecule has 1 fully saturated rings. The van der Waals surface area contributed by atoms with Gasteiger partial charge in [0.25, 0.3) is 11.8 Å². The second kappa shape index (κ2) is 11.4. The number of amides is 2. The van der Waals surface area contributed by atoms with E-state index >= 15 is 0 Å². The Bertz CT molecular complexity index is 1600. The summed E-state index contributed by atoms with van der Waals surface area (Å²) in [5.74, 6) is -1.39. The number of aliphatic carboxylic acids is 1. The second-order valence-corrected chi connectivity index (χ2v) is 19.1. The standard InChI is InChI=1S/C27H33N7O6S2Si/c1-27(2)13-40-22(31-27)15-7-8-33(10-17(15)43(4,5)6)9-14-11-41-24-19(23(36)34(24)20(14)25(37)38)30-21(35)18(32-39-3)16-12-42-26(28)29-16/h7-8,10,12,19,24H,9,11,13H2,1-6H3,(H3-,28,29,30,35,37,38)/p+1/t19-,24-/m0/s1. The van der Waals surface area contributed by atoms with Crippen LogP contribution < -0.4 is 20.8 Å². The Kier molecular flexibility index (Phi) is 8.13. The minimum Gasteiger partial charge on any atom is -0.477 e. The minimum absolute atomic E-state index is 0.0614. The predicted octanol–water partition coefficient (Wildman–Crippen LogP) is 0.903. The number of hydrogen-bond acceptors (Lipinski definition) is 11. The van der Waals surface area contributed by atoms with Crippen LogP contribution in [0, 0.1) is 0 Å². The van der Waals surface area contributed by atoms with Crippen LogP contribution in [0.5, 0.6) is 0 Å². The molecule has 0 aromatic carbocycles. The number of hydrogen-bond donors (Lipinski definition) is 3. The number of anilines is 1. The number of ether oxygens (including phenoxy) is 1. The number of nitrogens with two attached hydrogens (primary N) is 1. The molecule has 0 spiro atoms. The van der Waals surface area contributed by atoms with Gasteiger partial charge in [0.1, 0.15) is 36.5 Å². The molecule has 1 saturated heterocycles. The summed E-state index contributed by atoms with van der Waals surface area (Å²) in [5.41, 5.74) is 6.98. The summed E-state index contributed by atoms with van der Waals surface area (Å²) < 4.78 is 7.89. The number of carboxylic acid groups (broad SMARTS) is 1. The molecule has 16 heteroatoms. The number of aliphatic imine (C=N–C) groups is 1. The summed E-state index contributed by atoms with van der Waals surface area (Å²) in [6.07, 6.45) is 3.94. The Labute approximate surface area is 257 Å². The summed E-state index contributed by atoms with van der Waals surface area (Å²) in [6, 6.07) is 1.04. The lowest BCUT2D eigenvalue weighted by Gasteiger charge is -2.49. The molecule has 3 aliphatic rings. The third kappa shape index (κ3) is 6.03. The Hall–Kier alpha value is -3.76. The highest BCUT2D eigenvalue weighted by molar-refractivity contribution is 8.00. The Balaban J connectivity index is 1.38. The van der Waals surface area contributed by atoms with Crippen LogP contribution in [0.1, 0.15) is 25.1 Å². The third-order valence-electron chi connectivity index (χ3n) is 7.09. The third-order valence-corrected chi connectivity index (χ3v) is 11.1. The number of thiazole rings is 1. The molecule has 0 saturated carbocycles. The molecule has 228 valence electrons. The molecule has 3 aliphatic heterocycles. The smallest absolute Gasteiger partial charge is 0.352 e. The molecule has 4 N–H and O–H groups in total.